The van der Waals surface area contributed by atoms with Gasteiger partial charge in [0.2, 0.25) is 5.91 Å². The van der Waals surface area contributed by atoms with Crippen molar-refractivity contribution >= 4 is 27.2 Å². The minimum absolute atomic E-state index is 0.0131. The van der Waals surface area contributed by atoms with Gasteiger partial charge in [-0.25, -0.2) is 17.8 Å². The van der Waals surface area contributed by atoms with Crippen molar-refractivity contribution in [1.82, 2.24) is 24.5 Å². The van der Waals surface area contributed by atoms with Gasteiger partial charge >= 0.3 is 0 Å². The van der Waals surface area contributed by atoms with Crippen LogP contribution >= 0.6 is 0 Å². The number of nitrogen functional groups attached to an aromatic ring is 1. The number of hydrogen-bond acceptors (Lipinski definition) is 8. The summed E-state index contributed by atoms with van der Waals surface area (Å²) in [6, 6.07) is 9.54. The molecule has 202 valence electrons. The molecule has 1 unspecified atom stereocenters. The average molecular weight is 551 g/mol. The van der Waals surface area contributed by atoms with Crippen LogP contribution in [-0.2, 0) is 14.6 Å². The lowest BCUT2D eigenvalue weighted by molar-refractivity contribution is -0.138. The SMILES string of the molecule is CS(=O)(=O)c1c(C2C[C@H]3CC[C@@H](C2)N3C(=O)CO)nc2c(-c3ccc(-c4ccc(F)cc4)nc3)cnn2c1N. The number of nitrogens with two attached hydrogens (primary N) is 1. The van der Waals surface area contributed by atoms with Crippen LogP contribution in [0.4, 0.5) is 10.2 Å². The number of halogens is 1. The van der Waals surface area contributed by atoms with Crippen LogP contribution in [0.2, 0.25) is 0 Å². The van der Waals surface area contributed by atoms with Gasteiger partial charge < -0.3 is 15.7 Å². The molecule has 0 aliphatic carbocycles. The molecule has 1 aromatic carbocycles. The number of piperidine rings is 1. The van der Waals surface area contributed by atoms with Crippen LogP contribution in [0.5, 0.6) is 0 Å². The number of aromatic nitrogens is 4. The van der Waals surface area contributed by atoms with E-state index in [1.54, 1.807) is 29.4 Å². The van der Waals surface area contributed by atoms with Crippen molar-refractivity contribution in [2.75, 3.05) is 18.6 Å². The minimum Gasteiger partial charge on any atom is -0.387 e. The number of aliphatic hydroxyl groups excluding tert-OH is 1. The normalized spacial score (nSPS) is 21.0. The van der Waals surface area contributed by atoms with Gasteiger partial charge in [0.1, 0.15) is 23.1 Å². The molecule has 10 nitrogen and oxygen atoms in total. The number of aliphatic hydroxyl groups is 1. The quantitative estimate of drug-likeness (QED) is 0.386. The average Bonchev–Trinajstić information content (AvgIpc) is 3.46. The van der Waals surface area contributed by atoms with E-state index in [2.05, 4.69) is 10.1 Å². The summed E-state index contributed by atoms with van der Waals surface area (Å²) in [5.41, 5.74) is 10.0. The Morgan fingerprint density at radius 1 is 1.08 bits per heavy atom. The third-order valence-corrected chi connectivity index (χ3v) is 8.95. The van der Waals surface area contributed by atoms with E-state index in [1.807, 2.05) is 12.1 Å². The largest absolute Gasteiger partial charge is 0.387 e. The summed E-state index contributed by atoms with van der Waals surface area (Å²) in [7, 11) is -3.76. The number of sulfone groups is 1. The number of hydrogen-bond donors (Lipinski definition) is 2. The van der Waals surface area contributed by atoms with Crippen LogP contribution < -0.4 is 5.73 Å². The standard InChI is InChI=1S/C27H27FN6O4S/c1-39(37,38)25-24(17-10-19-7-8-20(11-17)33(19)23(36)14-35)32-27-21(13-31-34(27)26(25)29)16-4-9-22(30-12-16)15-2-5-18(28)6-3-15/h2-6,9,12-13,17,19-20,35H,7-8,10-11,14,29H2,1H3/t17?,19-,20+. The number of amides is 1. The van der Waals surface area contributed by atoms with E-state index in [1.165, 1.54) is 16.6 Å². The molecule has 2 bridgehead atoms. The summed E-state index contributed by atoms with van der Waals surface area (Å²) < 4.78 is 40.5. The third kappa shape index (κ3) is 4.33. The molecule has 3 N–H and O–H groups in total. The molecule has 4 aromatic rings. The monoisotopic (exact) mass is 550 g/mol. The van der Waals surface area contributed by atoms with Crippen molar-refractivity contribution in [1.29, 1.82) is 0 Å². The van der Waals surface area contributed by atoms with Crippen molar-refractivity contribution in [3.05, 3.63) is 60.3 Å². The van der Waals surface area contributed by atoms with Crippen LogP contribution in [0.1, 0.15) is 37.3 Å². The van der Waals surface area contributed by atoms with Crippen LogP contribution in [0.25, 0.3) is 28.0 Å². The van der Waals surface area contributed by atoms with Crippen LogP contribution in [0.15, 0.2) is 53.7 Å². The fraction of sp³-hybridized carbons (Fsp3) is 0.333. The molecule has 6 rings (SSSR count). The fourth-order valence-corrected chi connectivity index (χ4v) is 7.17. The maximum Gasteiger partial charge on any atom is 0.248 e. The zero-order chi connectivity index (χ0) is 27.5. The van der Waals surface area contributed by atoms with Gasteiger partial charge in [-0.3, -0.25) is 9.78 Å². The molecule has 2 fully saturated rings. The molecule has 3 aromatic heterocycles. The summed E-state index contributed by atoms with van der Waals surface area (Å²) in [6.07, 6.45) is 7.00. The topological polar surface area (TPSA) is 144 Å². The highest BCUT2D eigenvalue weighted by atomic mass is 32.2. The zero-order valence-corrected chi connectivity index (χ0v) is 22.0. The van der Waals surface area contributed by atoms with Gasteiger partial charge in [-0.15, -0.1) is 0 Å². The number of carbonyl (C=O) groups excluding carboxylic acids is 1. The number of anilines is 1. The van der Waals surface area contributed by atoms with Gasteiger partial charge in [0.25, 0.3) is 0 Å². The first-order chi connectivity index (χ1) is 18.7. The van der Waals surface area contributed by atoms with E-state index < -0.39 is 16.4 Å². The number of nitrogens with zero attached hydrogens (tertiary/aromatic N) is 5. The van der Waals surface area contributed by atoms with Crippen LogP contribution in [0.3, 0.4) is 0 Å². The van der Waals surface area contributed by atoms with Gasteiger partial charge in [0.05, 0.1) is 17.6 Å². The number of benzene rings is 1. The highest BCUT2D eigenvalue weighted by Crippen LogP contribution is 2.45. The van der Waals surface area contributed by atoms with Gasteiger partial charge in [-0.05, 0) is 56.0 Å². The lowest BCUT2D eigenvalue weighted by atomic mass is 9.87. The molecule has 3 atom stereocenters. The van der Waals surface area contributed by atoms with Crippen molar-refractivity contribution in [3.63, 3.8) is 0 Å². The minimum atomic E-state index is -3.76. The van der Waals surface area contributed by atoms with E-state index in [0.29, 0.717) is 41.0 Å². The van der Waals surface area contributed by atoms with Crippen LogP contribution in [0, 0.1) is 5.82 Å². The summed E-state index contributed by atoms with van der Waals surface area (Å²) in [4.78, 5) is 23.4. The Morgan fingerprint density at radius 3 is 2.33 bits per heavy atom. The van der Waals surface area contributed by atoms with E-state index in [4.69, 9.17) is 10.7 Å². The molecule has 2 saturated heterocycles. The Morgan fingerprint density at radius 2 is 1.74 bits per heavy atom. The molecule has 5 heterocycles. The van der Waals surface area contributed by atoms with Crippen molar-refractivity contribution < 1.29 is 22.7 Å². The summed E-state index contributed by atoms with van der Waals surface area (Å²) in [6.45, 7) is -0.545. The maximum absolute atomic E-state index is 13.3. The number of rotatable bonds is 5. The Kier molecular flexibility index (Phi) is 6.11. The lowest BCUT2D eigenvalue weighted by Gasteiger charge is -2.39. The van der Waals surface area contributed by atoms with E-state index >= 15 is 0 Å². The molecule has 2 aliphatic heterocycles. The maximum atomic E-state index is 13.3. The summed E-state index contributed by atoms with van der Waals surface area (Å²) >= 11 is 0. The number of pyridine rings is 1. The second-order valence-corrected chi connectivity index (χ2v) is 12.2. The predicted molar refractivity (Wildman–Crippen MR) is 142 cm³/mol. The highest BCUT2D eigenvalue weighted by molar-refractivity contribution is 7.91. The zero-order valence-electron chi connectivity index (χ0n) is 21.2. The van der Waals surface area contributed by atoms with Crippen molar-refractivity contribution in [2.24, 2.45) is 0 Å². The number of fused-ring (bicyclic) bond motifs is 3. The molecule has 0 radical (unpaired) electrons. The first-order valence-corrected chi connectivity index (χ1v) is 14.6. The highest BCUT2D eigenvalue weighted by Gasteiger charge is 2.45. The molecular weight excluding hydrogens is 523 g/mol. The third-order valence-electron chi connectivity index (χ3n) is 7.79. The van der Waals surface area contributed by atoms with Gasteiger partial charge in [0, 0.05) is 47.1 Å². The molecule has 12 heteroatoms. The van der Waals surface area contributed by atoms with Crippen LogP contribution in [-0.4, -0.2) is 68.9 Å². The molecular formula is C27H27FN6O4S. The molecule has 39 heavy (non-hydrogen) atoms. The Labute approximate surface area is 224 Å². The predicted octanol–water partition coefficient (Wildman–Crippen LogP) is 2.81. The second kappa shape index (κ2) is 9.38. The summed E-state index contributed by atoms with van der Waals surface area (Å²) in [5.74, 6) is -0.875. The lowest BCUT2D eigenvalue weighted by Crippen LogP contribution is -2.47. The Balaban J connectivity index is 1.43. The molecule has 2 aliphatic rings. The van der Waals surface area contributed by atoms with Gasteiger partial charge in [-0.1, -0.05) is 6.07 Å². The first-order valence-electron chi connectivity index (χ1n) is 12.7. The number of carbonyl (C=O) groups is 1. The van der Waals surface area contributed by atoms with E-state index in [-0.39, 0.29) is 40.4 Å². The molecule has 0 spiro atoms. The van der Waals surface area contributed by atoms with E-state index in [9.17, 15) is 22.7 Å². The fourth-order valence-electron chi connectivity index (χ4n) is 6.11. The smallest absolute Gasteiger partial charge is 0.248 e. The first kappa shape index (κ1) is 25.4. The molecule has 0 saturated carbocycles. The Hall–Kier alpha value is -3.90. The Bertz CT molecular complexity index is 1670. The second-order valence-electron chi connectivity index (χ2n) is 10.2. The van der Waals surface area contributed by atoms with Gasteiger partial charge in [0.15, 0.2) is 15.5 Å². The summed E-state index contributed by atoms with van der Waals surface area (Å²) in [5, 5.41) is 13.8. The van der Waals surface area contributed by atoms with E-state index in [0.717, 1.165) is 24.7 Å². The van der Waals surface area contributed by atoms with Crippen molar-refractivity contribution in [2.45, 2.75) is 48.6 Å². The van der Waals surface area contributed by atoms with Gasteiger partial charge in [-0.2, -0.15) is 9.61 Å². The van der Waals surface area contributed by atoms with Crippen molar-refractivity contribution in [3.8, 4) is 22.4 Å². The molecule has 1 amide bonds.